The first-order valence-electron chi connectivity index (χ1n) is 6.42. The average Bonchev–Trinajstić information content (AvgIpc) is 2.50. The molecule has 2 amide bonds. The van der Waals surface area contributed by atoms with Crippen LogP contribution in [0.2, 0.25) is 0 Å². The summed E-state index contributed by atoms with van der Waals surface area (Å²) in [6, 6.07) is -0.477. The number of nitrogens with one attached hydrogen (secondary N) is 1. The van der Waals surface area contributed by atoms with E-state index in [1.165, 1.54) is 11.8 Å². The minimum Gasteiger partial charge on any atom is -0.352 e. The van der Waals surface area contributed by atoms with Gasteiger partial charge in [0, 0.05) is 13.6 Å². The number of amides is 2. The monoisotopic (exact) mass is 305 g/mol. The molecule has 0 spiro atoms. The van der Waals surface area contributed by atoms with Crippen LogP contribution in [0, 0.1) is 0 Å². The highest BCUT2D eigenvalue weighted by molar-refractivity contribution is 8.24. The molecule has 0 radical (unpaired) electrons. The number of rotatable bonds is 4. The standard InChI is InChI=1S/C12H23N3O2S2/c1-6-7-8-13-9(16)15(17)12(4)11(2,3)14(5)10(18)19-12/h17H,6-8H2,1-5H3,(H,13,16)/t12-/m0/s1. The molecule has 1 atom stereocenters. The summed E-state index contributed by atoms with van der Waals surface area (Å²) < 4.78 is 0.674. The van der Waals surface area contributed by atoms with Gasteiger partial charge in [0.2, 0.25) is 0 Å². The number of hydrogen-bond donors (Lipinski definition) is 2. The second kappa shape index (κ2) is 5.85. The quantitative estimate of drug-likeness (QED) is 0.362. The van der Waals surface area contributed by atoms with E-state index in [1.807, 2.05) is 39.6 Å². The fourth-order valence-corrected chi connectivity index (χ4v) is 3.82. The van der Waals surface area contributed by atoms with Crippen molar-refractivity contribution in [2.24, 2.45) is 0 Å². The lowest BCUT2D eigenvalue weighted by molar-refractivity contribution is -0.115. The molecule has 110 valence electrons. The summed E-state index contributed by atoms with van der Waals surface area (Å²) in [5, 5.41) is 13.8. The highest BCUT2D eigenvalue weighted by atomic mass is 32.2. The lowest BCUT2D eigenvalue weighted by Crippen LogP contribution is -2.61. The Balaban J connectivity index is 2.83. The Morgan fingerprint density at radius 1 is 1.53 bits per heavy atom. The fraction of sp³-hybridized carbons (Fsp3) is 0.833. The summed E-state index contributed by atoms with van der Waals surface area (Å²) in [5.74, 6) is 0. The number of hydroxylamine groups is 2. The van der Waals surface area contributed by atoms with E-state index in [2.05, 4.69) is 5.32 Å². The van der Waals surface area contributed by atoms with Gasteiger partial charge in [-0.3, -0.25) is 5.21 Å². The summed E-state index contributed by atoms with van der Waals surface area (Å²) >= 11 is 6.60. The van der Waals surface area contributed by atoms with Crippen LogP contribution in [0.4, 0.5) is 4.79 Å². The Morgan fingerprint density at radius 3 is 2.53 bits per heavy atom. The van der Waals surface area contributed by atoms with Crippen LogP contribution in [0.1, 0.15) is 40.5 Å². The molecular weight excluding hydrogens is 282 g/mol. The number of thiocarbonyl (C=S) groups is 1. The van der Waals surface area contributed by atoms with Crippen molar-refractivity contribution in [3.63, 3.8) is 0 Å². The van der Waals surface area contributed by atoms with Gasteiger partial charge < -0.3 is 10.2 Å². The minimum atomic E-state index is -0.810. The molecule has 1 aliphatic heterocycles. The van der Waals surface area contributed by atoms with Crippen molar-refractivity contribution in [1.82, 2.24) is 15.3 Å². The Morgan fingerprint density at radius 2 is 2.11 bits per heavy atom. The maximum Gasteiger partial charge on any atom is 0.342 e. The third kappa shape index (κ3) is 2.83. The number of carbonyl (C=O) groups is 1. The van der Waals surface area contributed by atoms with Gasteiger partial charge in [0.1, 0.15) is 9.19 Å². The van der Waals surface area contributed by atoms with Gasteiger partial charge in [-0.1, -0.05) is 37.3 Å². The molecule has 0 aromatic heterocycles. The van der Waals surface area contributed by atoms with E-state index in [4.69, 9.17) is 12.2 Å². The van der Waals surface area contributed by atoms with Crippen LogP contribution in [-0.2, 0) is 0 Å². The second-order valence-corrected chi connectivity index (χ2v) is 7.40. The zero-order valence-electron chi connectivity index (χ0n) is 12.2. The summed E-state index contributed by atoms with van der Waals surface area (Å²) in [6.45, 7) is 8.36. The van der Waals surface area contributed by atoms with Gasteiger partial charge in [0.25, 0.3) is 0 Å². The number of urea groups is 1. The number of hydrogen-bond acceptors (Lipinski definition) is 4. The van der Waals surface area contributed by atoms with E-state index >= 15 is 0 Å². The normalized spacial score (nSPS) is 25.6. The van der Waals surface area contributed by atoms with Crippen molar-refractivity contribution in [1.29, 1.82) is 0 Å². The summed E-state index contributed by atoms with van der Waals surface area (Å²) in [7, 11) is 1.88. The molecular formula is C12H23N3O2S2. The van der Waals surface area contributed by atoms with Gasteiger partial charge in [-0.2, -0.15) is 5.06 Å². The predicted molar refractivity (Wildman–Crippen MR) is 82.4 cm³/mol. The molecule has 1 aliphatic rings. The minimum absolute atomic E-state index is 0.453. The number of thioether (sulfide) groups is 1. The Kier molecular flexibility index (Phi) is 5.08. The van der Waals surface area contributed by atoms with Crippen molar-refractivity contribution in [3.05, 3.63) is 0 Å². The first kappa shape index (κ1) is 16.5. The zero-order chi connectivity index (χ0) is 14.8. The van der Waals surface area contributed by atoms with E-state index in [9.17, 15) is 10.0 Å². The molecule has 1 heterocycles. The second-order valence-electron chi connectivity index (χ2n) is 5.37. The van der Waals surface area contributed by atoms with Gasteiger partial charge in [-0.25, -0.2) is 4.79 Å². The summed E-state index contributed by atoms with van der Waals surface area (Å²) in [6.07, 6.45) is 1.89. The maximum absolute atomic E-state index is 12.0. The molecule has 2 N–H and O–H groups in total. The van der Waals surface area contributed by atoms with Crippen LogP contribution in [0.25, 0.3) is 0 Å². The molecule has 0 aromatic rings. The SMILES string of the molecule is CCCCNC(=O)N(O)[C@@]1(C)SC(=S)N(C)C1(C)C. The third-order valence-corrected chi connectivity index (χ3v) is 5.98. The van der Waals surface area contributed by atoms with Crippen LogP contribution >= 0.6 is 24.0 Å². The van der Waals surface area contributed by atoms with Crippen molar-refractivity contribution >= 4 is 34.3 Å². The van der Waals surface area contributed by atoms with Crippen LogP contribution < -0.4 is 5.32 Å². The molecule has 19 heavy (non-hydrogen) atoms. The number of nitrogens with zero attached hydrogens (tertiary/aromatic N) is 2. The van der Waals surface area contributed by atoms with Crippen LogP contribution in [0.15, 0.2) is 0 Å². The molecule has 0 aromatic carbocycles. The van der Waals surface area contributed by atoms with Crippen LogP contribution in [0.5, 0.6) is 0 Å². The topological polar surface area (TPSA) is 55.8 Å². The largest absolute Gasteiger partial charge is 0.352 e. The lowest BCUT2D eigenvalue weighted by Gasteiger charge is -2.43. The van der Waals surface area contributed by atoms with E-state index < -0.39 is 16.4 Å². The van der Waals surface area contributed by atoms with Gasteiger partial charge >= 0.3 is 6.03 Å². The molecule has 0 aliphatic carbocycles. The van der Waals surface area contributed by atoms with Crippen molar-refractivity contribution in [2.75, 3.05) is 13.6 Å². The molecule has 1 fully saturated rings. The van der Waals surface area contributed by atoms with Crippen molar-refractivity contribution < 1.29 is 10.0 Å². The lowest BCUT2D eigenvalue weighted by atomic mass is 9.94. The predicted octanol–water partition coefficient (Wildman–Crippen LogP) is 2.65. The van der Waals surface area contributed by atoms with E-state index in [1.54, 1.807) is 0 Å². The smallest absolute Gasteiger partial charge is 0.342 e. The van der Waals surface area contributed by atoms with Crippen molar-refractivity contribution in [3.8, 4) is 0 Å². The van der Waals surface area contributed by atoms with Gasteiger partial charge in [-0.05, 0) is 27.2 Å². The Hall–Kier alpha value is -0.530. The maximum atomic E-state index is 12.0. The van der Waals surface area contributed by atoms with Crippen molar-refractivity contribution in [2.45, 2.75) is 50.9 Å². The first-order valence-corrected chi connectivity index (χ1v) is 7.64. The number of unbranched alkanes of at least 4 members (excludes halogenated alkanes) is 1. The molecule has 0 unspecified atom stereocenters. The highest BCUT2D eigenvalue weighted by Gasteiger charge is 2.57. The first-order chi connectivity index (χ1) is 8.68. The zero-order valence-corrected chi connectivity index (χ0v) is 13.8. The molecule has 7 heteroatoms. The van der Waals surface area contributed by atoms with E-state index in [0.29, 0.717) is 10.9 Å². The van der Waals surface area contributed by atoms with Crippen LogP contribution in [-0.4, -0.2) is 49.5 Å². The average molecular weight is 305 g/mol. The van der Waals surface area contributed by atoms with E-state index in [-0.39, 0.29) is 0 Å². The molecule has 1 rings (SSSR count). The molecule has 1 saturated heterocycles. The van der Waals surface area contributed by atoms with E-state index in [0.717, 1.165) is 17.9 Å². The number of carbonyl (C=O) groups excluding carboxylic acids is 1. The molecule has 5 nitrogen and oxygen atoms in total. The Bertz CT molecular complexity index is 376. The van der Waals surface area contributed by atoms with Gasteiger partial charge in [-0.15, -0.1) is 0 Å². The highest BCUT2D eigenvalue weighted by Crippen LogP contribution is 2.49. The Labute approximate surface area is 124 Å². The third-order valence-electron chi connectivity index (χ3n) is 3.94. The molecule has 0 bridgehead atoms. The number of likely N-dealkylation sites (N-methyl/N-ethyl adjacent to an activating group) is 1. The van der Waals surface area contributed by atoms with Gasteiger partial charge in [0.15, 0.2) is 0 Å². The van der Waals surface area contributed by atoms with Gasteiger partial charge in [0.05, 0.1) is 5.54 Å². The molecule has 0 saturated carbocycles. The van der Waals surface area contributed by atoms with Crippen LogP contribution in [0.3, 0.4) is 0 Å². The fourth-order valence-electron chi connectivity index (χ4n) is 1.85. The summed E-state index contributed by atoms with van der Waals surface area (Å²) in [4.78, 5) is 13.1. The summed E-state index contributed by atoms with van der Waals surface area (Å²) in [5.41, 5.74) is -0.453.